The molecule has 17 heavy (non-hydrogen) atoms. The molecular formula is C14H20N2O. The topological polar surface area (TPSA) is 41.1 Å². The largest absolute Gasteiger partial charge is 0.351 e. The lowest BCUT2D eigenvalue weighted by molar-refractivity contribution is -0.120. The van der Waals surface area contributed by atoms with E-state index in [1.165, 1.54) is 5.56 Å². The zero-order valence-electron chi connectivity index (χ0n) is 10.3. The fourth-order valence-electron chi connectivity index (χ4n) is 1.44. The van der Waals surface area contributed by atoms with Gasteiger partial charge in [-0.2, -0.15) is 0 Å². The molecule has 0 fully saturated rings. The zero-order chi connectivity index (χ0) is 12.5. The molecule has 0 radical (unpaired) electrons. The number of rotatable bonds is 7. The number of carbonyl (C=O) groups is 1. The van der Waals surface area contributed by atoms with Gasteiger partial charge in [0.05, 0.1) is 6.54 Å². The highest BCUT2D eigenvalue weighted by atomic mass is 16.1. The summed E-state index contributed by atoms with van der Waals surface area (Å²) in [6.07, 6.45) is 2.77. The van der Waals surface area contributed by atoms with Gasteiger partial charge in [0.25, 0.3) is 0 Å². The minimum Gasteiger partial charge on any atom is -0.351 e. The molecule has 0 aliphatic heterocycles. The minimum atomic E-state index is 0.00594. The molecule has 0 heterocycles. The number of benzene rings is 1. The second kappa shape index (κ2) is 7.63. The Labute approximate surface area is 103 Å². The Morgan fingerprint density at radius 3 is 2.53 bits per heavy atom. The van der Waals surface area contributed by atoms with Crippen molar-refractivity contribution in [1.82, 2.24) is 10.6 Å². The summed E-state index contributed by atoms with van der Waals surface area (Å²) >= 11 is 0. The molecule has 0 saturated carbocycles. The van der Waals surface area contributed by atoms with Gasteiger partial charge < -0.3 is 10.6 Å². The van der Waals surface area contributed by atoms with E-state index < -0.39 is 0 Å². The summed E-state index contributed by atoms with van der Waals surface area (Å²) in [5.41, 5.74) is 2.44. The maximum atomic E-state index is 11.4. The highest BCUT2D eigenvalue weighted by Crippen LogP contribution is 2.04. The molecule has 1 amide bonds. The highest BCUT2D eigenvalue weighted by Gasteiger charge is 1.99. The molecule has 0 aromatic heterocycles. The van der Waals surface area contributed by atoms with Crippen LogP contribution in [-0.4, -0.2) is 19.0 Å². The maximum absolute atomic E-state index is 11.4. The van der Waals surface area contributed by atoms with E-state index in [1.807, 2.05) is 0 Å². The zero-order valence-corrected chi connectivity index (χ0v) is 10.3. The van der Waals surface area contributed by atoms with Crippen LogP contribution in [0.4, 0.5) is 0 Å². The van der Waals surface area contributed by atoms with Crippen molar-refractivity contribution in [3.05, 3.63) is 48.0 Å². The van der Waals surface area contributed by atoms with Crippen molar-refractivity contribution in [2.24, 2.45) is 0 Å². The van der Waals surface area contributed by atoms with Crippen LogP contribution in [0, 0.1) is 0 Å². The van der Waals surface area contributed by atoms with Gasteiger partial charge in [-0.3, -0.25) is 4.79 Å². The molecule has 0 spiro atoms. The van der Waals surface area contributed by atoms with Gasteiger partial charge in [-0.25, -0.2) is 0 Å². The highest BCUT2D eigenvalue weighted by molar-refractivity contribution is 5.77. The molecule has 0 atom stereocenters. The average Bonchev–Trinajstić information content (AvgIpc) is 2.37. The summed E-state index contributed by atoms with van der Waals surface area (Å²) < 4.78 is 0. The van der Waals surface area contributed by atoms with E-state index in [-0.39, 0.29) is 5.91 Å². The normalized spacial score (nSPS) is 9.94. The first-order valence-corrected chi connectivity index (χ1v) is 5.92. The third-order valence-corrected chi connectivity index (χ3v) is 2.50. The van der Waals surface area contributed by atoms with Gasteiger partial charge in [-0.1, -0.05) is 37.3 Å². The number of aryl methyl sites for hydroxylation is 1. The number of amides is 1. The third kappa shape index (κ3) is 5.31. The first-order valence-electron chi connectivity index (χ1n) is 5.92. The lowest BCUT2D eigenvalue weighted by Gasteiger charge is -2.06. The van der Waals surface area contributed by atoms with Crippen LogP contribution in [0.2, 0.25) is 0 Å². The van der Waals surface area contributed by atoms with E-state index in [0.717, 1.165) is 12.0 Å². The van der Waals surface area contributed by atoms with Gasteiger partial charge in [0.2, 0.25) is 5.91 Å². The lowest BCUT2D eigenvalue weighted by atomic mass is 10.1. The van der Waals surface area contributed by atoms with Crippen LogP contribution >= 0.6 is 0 Å². The second-order valence-corrected chi connectivity index (χ2v) is 3.87. The second-order valence-electron chi connectivity index (χ2n) is 3.87. The molecule has 0 saturated heterocycles. The molecule has 3 heteroatoms. The summed E-state index contributed by atoms with van der Waals surface area (Å²) in [5.74, 6) is 0.00594. The maximum Gasteiger partial charge on any atom is 0.234 e. The van der Waals surface area contributed by atoms with Crippen molar-refractivity contribution in [2.75, 3.05) is 13.1 Å². The lowest BCUT2D eigenvalue weighted by Crippen LogP contribution is -2.33. The fourth-order valence-corrected chi connectivity index (χ4v) is 1.44. The van der Waals surface area contributed by atoms with Crippen molar-refractivity contribution in [2.45, 2.75) is 19.9 Å². The number of carbonyl (C=O) groups excluding carboxylic acids is 1. The number of hydrogen-bond acceptors (Lipinski definition) is 2. The van der Waals surface area contributed by atoms with Crippen molar-refractivity contribution < 1.29 is 4.79 Å². The number of hydrogen-bond donors (Lipinski definition) is 2. The van der Waals surface area contributed by atoms with Gasteiger partial charge in [0, 0.05) is 13.1 Å². The summed E-state index contributed by atoms with van der Waals surface area (Å²) in [5, 5.41) is 5.82. The summed E-state index contributed by atoms with van der Waals surface area (Å²) in [7, 11) is 0. The molecular weight excluding hydrogens is 212 g/mol. The van der Waals surface area contributed by atoms with Crippen LogP contribution < -0.4 is 10.6 Å². The minimum absolute atomic E-state index is 0.00594. The molecule has 92 valence electrons. The van der Waals surface area contributed by atoms with E-state index in [1.54, 1.807) is 6.08 Å². The number of nitrogens with one attached hydrogen (secondary N) is 2. The van der Waals surface area contributed by atoms with Gasteiger partial charge >= 0.3 is 0 Å². The Kier molecular flexibility index (Phi) is 6.04. The first kappa shape index (κ1) is 13.5. The van der Waals surface area contributed by atoms with Gasteiger partial charge in [0.1, 0.15) is 0 Å². The van der Waals surface area contributed by atoms with Crippen LogP contribution in [0.3, 0.4) is 0 Å². The molecule has 2 N–H and O–H groups in total. The van der Waals surface area contributed by atoms with Crippen LogP contribution in [-0.2, 0) is 17.8 Å². The quantitative estimate of drug-likeness (QED) is 0.554. The smallest absolute Gasteiger partial charge is 0.234 e. The van der Waals surface area contributed by atoms with Crippen LogP contribution in [0.5, 0.6) is 0 Å². The Morgan fingerprint density at radius 2 is 1.94 bits per heavy atom. The van der Waals surface area contributed by atoms with Gasteiger partial charge in [-0.05, 0) is 17.5 Å². The molecule has 0 aliphatic rings. The molecule has 1 aromatic carbocycles. The van der Waals surface area contributed by atoms with Crippen molar-refractivity contribution >= 4 is 5.91 Å². The Hall–Kier alpha value is -1.61. The summed E-state index contributed by atoms with van der Waals surface area (Å²) in [6.45, 7) is 7.27. The molecule has 0 unspecified atom stereocenters. The Morgan fingerprint density at radius 1 is 1.29 bits per heavy atom. The standard InChI is InChI=1S/C14H20N2O/c1-3-9-15-11-14(17)16-10-13-7-5-12(4-2)6-8-13/h3,5-8,15H,1,4,9-11H2,2H3,(H,16,17). The SMILES string of the molecule is C=CCNCC(=O)NCc1ccc(CC)cc1. The molecule has 0 aliphatic carbocycles. The molecule has 1 rings (SSSR count). The van der Waals surface area contributed by atoms with E-state index in [4.69, 9.17) is 0 Å². The van der Waals surface area contributed by atoms with Crippen LogP contribution in [0.15, 0.2) is 36.9 Å². The Bertz CT molecular complexity index is 357. The summed E-state index contributed by atoms with van der Waals surface area (Å²) in [4.78, 5) is 11.4. The van der Waals surface area contributed by atoms with Crippen molar-refractivity contribution in [3.63, 3.8) is 0 Å². The first-order chi connectivity index (χ1) is 8.26. The van der Waals surface area contributed by atoms with E-state index in [0.29, 0.717) is 19.6 Å². The fraction of sp³-hybridized carbons (Fsp3) is 0.357. The molecule has 0 bridgehead atoms. The predicted molar refractivity (Wildman–Crippen MR) is 70.7 cm³/mol. The average molecular weight is 232 g/mol. The van der Waals surface area contributed by atoms with Gasteiger partial charge in [0.15, 0.2) is 0 Å². The van der Waals surface area contributed by atoms with Crippen molar-refractivity contribution in [3.8, 4) is 0 Å². The van der Waals surface area contributed by atoms with Gasteiger partial charge in [-0.15, -0.1) is 6.58 Å². The van der Waals surface area contributed by atoms with E-state index in [2.05, 4.69) is 48.4 Å². The van der Waals surface area contributed by atoms with E-state index >= 15 is 0 Å². The molecule has 3 nitrogen and oxygen atoms in total. The van der Waals surface area contributed by atoms with Crippen LogP contribution in [0.25, 0.3) is 0 Å². The van der Waals surface area contributed by atoms with Crippen LogP contribution in [0.1, 0.15) is 18.1 Å². The molecule has 1 aromatic rings. The predicted octanol–water partition coefficient (Wildman–Crippen LogP) is 1.64. The van der Waals surface area contributed by atoms with Crippen molar-refractivity contribution in [1.29, 1.82) is 0 Å². The third-order valence-electron chi connectivity index (χ3n) is 2.50. The summed E-state index contributed by atoms with van der Waals surface area (Å²) in [6, 6.07) is 8.29. The monoisotopic (exact) mass is 232 g/mol. The van der Waals surface area contributed by atoms with E-state index in [9.17, 15) is 4.79 Å². The Balaban J connectivity index is 2.29.